The van der Waals surface area contributed by atoms with Gasteiger partial charge in [0, 0.05) is 5.92 Å². The fourth-order valence-electron chi connectivity index (χ4n) is 3.23. The van der Waals surface area contributed by atoms with Gasteiger partial charge in [-0.2, -0.15) is 0 Å². The SMILES string of the molecule is COc1ccccc1C(=O)[C@@H]1CCC[C@H]1C(C(=O)O)C(=O)O. The lowest BCUT2D eigenvalue weighted by Gasteiger charge is -2.22. The molecule has 2 N–H and O–H groups in total. The Morgan fingerprint density at radius 1 is 1.14 bits per heavy atom. The van der Waals surface area contributed by atoms with Gasteiger partial charge in [-0.1, -0.05) is 18.6 Å². The maximum atomic E-state index is 12.7. The van der Waals surface area contributed by atoms with Gasteiger partial charge in [0.25, 0.3) is 0 Å². The van der Waals surface area contributed by atoms with Crippen LogP contribution in [0.1, 0.15) is 29.6 Å². The minimum Gasteiger partial charge on any atom is -0.496 e. The van der Waals surface area contributed by atoms with Crippen LogP contribution in [0.3, 0.4) is 0 Å². The molecule has 0 saturated heterocycles. The second-order valence-electron chi connectivity index (χ2n) is 5.42. The van der Waals surface area contributed by atoms with E-state index >= 15 is 0 Å². The quantitative estimate of drug-likeness (QED) is 0.616. The number of carboxylic acid groups (broad SMARTS) is 2. The Morgan fingerprint density at radius 2 is 1.77 bits per heavy atom. The third kappa shape index (κ3) is 2.95. The van der Waals surface area contributed by atoms with Crippen molar-refractivity contribution < 1.29 is 29.3 Å². The number of methoxy groups -OCH3 is 1. The number of para-hydroxylation sites is 1. The van der Waals surface area contributed by atoms with E-state index in [0.29, 0.717) is 30.6 Å². The van der Waals surface area contributed by atoms with Crippen LogP contribution >= 0.6 is 0 Å². The van der Waals surface area contributed by atoms with Gasteiger partial charge in [0.1, 0.15) is 5.75 Å². The molecule has 0 aromatic heterocycles. The average molecular weight is 306 g/mol. The number of hydrogen-bond acceptors (Lipinski definition) is 4. The minimum atomic E-state index is -1.55. The second-order valence-corrected chi connectivity index (χ2v) is 5.42. The second kappa shape index (κ2) is 6.60. The van der Waals surface area contributed by atoms with Crippen molar-refractivity contribution in [1.29, 1.82) is 0 Å². The number of carbonyl (C=O) groups is 3. The number of rotatable bonds is 6. The molecule has 1 aromatic rings. The monoisotopic (exact) mass is 306 g/mol. The minimum absolute atomic E-state index is 0.243. The highest BCUT2D eigenvalue weighted by Gasteiger charge is 2.45. The van der Waals surface area contributed by atoms with Gasteiger partial charge in [-0.05, 0) is 30.9 Å². The van der Waals surface area contributed by atoms with Crippen molar-refractivity contribution in [2.45, 2.75) is 19.3 Å². The Labute approximate surface area is 127 Å². The lowest BCUT2D eigenvalue weighted by molar-refractivity contribution is -0.157. The zero-order valence-corrected chi connectivity index (χ0v) is 12.2. The summed E-state index contributed by atoms with van der Waals surface area (Å²) in [5, 5.41) is 18.3. The summed E-state index contributed by atoms with van der Waals surface area (Å²) in [7, 11) is 1.45. The molecule has 118 valence electrons. The topological polar surface area (TPSA) is 101 Å². The number of benzene rings is 1. The molecule has 0 unspecified atom stereocenters. The summed E-state index contributed by atoms with van der Waals surface area (Å²) >= 11 is 0. The molecule has 6 nitrogen and oxygen atoms in total. The predicted octanol–water partition coefficient (Wildman–Crippen LogP) is 2.08. The van der Waals surface area contributed by atoms with E-state index in [1.165, 1.54) is 7.11 Å². The number of carbonyl (C=O) groups excluding carboxylic acids is 1. The van der Waals surface area contributed by atoms with E-state index in [1.807, 2.05) is 0 Å². The van der Waals surface area contributed by atoms with E-state index in [2.05, 4.69) is 0 Å². The molecule has 22 heavy (non-hydrogen) atoms. The van der Waals surface area contributed by atoms with Gasteiger partial charge >= 0.3 is 11.9 Å². The van der Waals surface area contributed by atoms with Crippen LogP contribution in [0.5, 0.6) is 5.75 Å². The zero-order valence-electron chi connectivity index (χ0n) is 12.2. The summed E-state index contributed by atoms with van der Waals surface area (Å²) in [6.07, 6.45) is 1.57. The number of hydrogen-bond donors (Lipinski definition) is 2. The number of aliphatic carboxylic acids is 2. The van der Waals surface area contributed by atoms with Crippen molar-refractivity contribution in [3.05, 3.63) is 29.8 Å². The number of ketones is 1. The molecule has 1 aromatic carbocycles. The fourth-order valence-corrected chi connectivity index (χ4v) is 3.23. The Morgan fingerprint density at radius 3 is 2.36 bits per heavy atom. The van der Waals surface area contributed by atoms with Gasteiger partial charge in [0.15, 0.2) is 11.7 Å². The Bertz CT molecular complexity index is 580. The van der Waals surface area contributed by atoms with Crippen LogP contribution in [0.25, 0.3) is 0 Å². The summed E-state index contributed by atoms with van der Waals surface area (Å²) in [6.45, 7) is 0. The first kappa shape index (κ1) is 16.0. The van der Waals surface area contributed by atoms with Crippen LogP contribution in [0.2, 0.25) is 0 Å². The van der Waals surface area contributed by atoms with Gasteiger partial charge < -0.3 is 14.9 Å². The van der Waals surface area contributed by atoms with Crippen LogP contribution in [-0.2, 0) is 9.59 Å². The summed E-state index contributed by atoms with van der Waals surface area (Å²) in [5.41, 5.74) is 0.372. The fraction of sp³-hybridized carbons (Fsp3) is 0.438. The molecule has 1 fully saturated rings. The molecule has 0 radical (unpaired) electrons. The lowest BCUT2D eigenvalue weighted by Crippen LogP contribution is -2.35. The smallest absolute Gasteiger partial charge is 0.318 e. The molecular weight excluding hydrogens is 288 g/mol. The van der Waals surface area contributed by atoms with Crippen molar-refractivity contribution in [2.24, 2.45) is 17.8 Å². The average Bonchev–Trinajstić information content (AvgIpc) is 2.94. The van der Waals surface area contributed by atoms with Crippen molar-refractivity contribution in [3.63, 3.8) is 0 Å². The predicted molar refractivity (Wildman–Crippen MR) is 76.9 cm³/mol. The van der Waals surface area contributed by atoms with Crippen LogP contribution < -0.4 is 4.74 Å². The third-order valence-electron chi connectivity index (χ3n) is 4.24. The largest absolute Gasteiger partial charge is 0.496 e. The van der Waals surface area contributed by atoms with Crippen LogP contribution in [0.15, 0.2) is 24.3 Å². The van der Waals surface area contributed by atoms with E-state index in [-0.39, 0.29) is 5.78 Å². The number of ether oxygens (including phenoxy) is 1. The molecule has 0 aliphatic heterocycles. The van der Waals surface area contributed by atoms with Crippen molar-refractivity contribution in [2.75, 3.05) is 7.11 Å². The van der Waals surface area contributed by atoms with Gasteiger partial charge in [0.05, 0.1) is 12.7 Å². The summed E-state index contributed by atoms with van der Waals surface area (Å²) in [4.78, 5) is 35.2. The van der Waals surface area contributed by atoms with Crippen LogP contribution in [0, 0.1) is 17.8 Å². The normalized spacial score (nSPS) is 20.8. The highest BCUT2D eigenvalue weighted by atomic mass is 16.5. The van der Waals surface area contributed by atoms with E-state index in [0.717, 1.165) is 0 Å². The maximum Gasteiger partial charge on any atom is 0.318 e. The van der Waals surface area contributed by atoms with Crippen LogP contribution in [0.4, 0.5) is 0 Å². The summed E-state index contributed by atoms with van der Waals surface area (Å²) < 4.78 is 5.16. The summed E-state index contributed by atoms with van der Waals surface area (Å²) in [5.74, 6) is -5.45. The molecule has 0 spiro atoms. The Hall–Kier alpha value is -2.37. The first-order chi connectivity index (χ1) is 10.5. The highest BCUT2D eigenvalue weighted by molar-refractivity contribution is 6.02. The molecule has 2 rings (SSSR count). The standard InChI is InChI=1S/C16H18O6/c1-22-12-8-3-2-5-11(12)14(17)10-7-4-6-9(10)13(15(18)19)16(20)21/h2-3,5,8-10,13H,4,6-7H2,1H3,(H,18,19)(H,20,21)/t9-,10-/m1/s1. The molecule has 1 aliphatic rings. The Balaban J connectivity index is 2.32. The molecule has 0 amide bonds. The molecule has 0 bridgehead atoms. The van der Waals surface area contributed by atoms with E-state index in [9.17, 15) is 14.4 Å². The van der Waals surface area contributed by atoms with E-state index in [4.69, 9.17) is 14.9 Å². The van der Waals surface area contributed by atoms with Crippen molar-refractivity contribution in [3.8, 4) is 5.75 Å². The summed E-state index contributed by atoms with van der Waals surface area (Å²) in [6, 6.07) is 6.71. The van der Waals surface area contributed by atoms with E-state index < -0.39 is 29.7 Å². The van der Waals surface area contributed by atoms with E-state index in [1.54, 1.807) is 24.3 Å². The number of carboxylic acids is 2. The molecular formula is C16H18O6. The van der Waals surface area contributed by atoms with Gasteiger partial charge in [0.2, 0.25) is 0 Å². The molecule has 0 heterocycles. The molecule has 2 atom stereocenters. The number of Topliss-reactive ketones (excluding diaryl/α,β-unsaturated/α-hetero) is 1. The van der Waals surface area contributed by atoms with Gasteiger partial charge in [-0.15, -0.1) is 0 Å². The molecule has 1 saturated carbocycles. The highest BCUT2D eigenvalue weighted by Crippen LogP contribution is 2.40. The third-order valence-corrected chi connectivity index (χ3v) is 4.24. The first-order valence-corrected chi connectivity index (χ1v) is 7.10. The molecule has 6 heteroatoms. The first-order valence-electron chi connectivity index (χ1n) is 7.10. The lowest BCUT2D eigenvalue weighted by atomic mass is 9.80. The van der Waals surface area contributed by atoms with Gasteiger partial charge in [-0.25, -0.2) is 0 Å². The zero-order chi connectivity index (χ0) is 16.3. The van der Waals surface area contributed by atoms with Gasteiger partial charge in [-0.3, -0.25) is 14.4 Å². The Kier molecular flexibility index (Phi) is 4.80. The van der Waals surface area contributed by atoms with Crippen LogP contribution in [-0.4, -0.2) is 35.0 Å². The van der Waals surface area contributed by atoms with Crippen molar-refractivity contribution >= 4 is 17.7 Å². The maximum absolute atomic E-state index is 12.7. The molecule has 1 aliphatic carbocycles. The van der Waals surface area contributed by atoms with Crippen molar-refractivity contribution in [1.82, 2.24) is 0 Å².